The predicted octanol–water partition coefficient (Wildman–Crippen LogP) is -0.687. The van der Waals surface area contributed by atoms with E-state index in [1.165, 1.54) is 0 Å². The molecule has 0 aromatic rings. The van der Waals surface area contributed by atoms with Crippen LogP contribution < -0.4 is 11.1 Å². The van der Waals surface area contributed by atoms with Gasteiger partial charge in [0.1, 0.15) is 6.04 Å². The Hall–Kier alpha value is -1.14. The number of carboxylic acid groups (broad SMARTS) is 1. The van der Waals surface area contributed by atoms with Crippen molar-refractivity contribution >= 4 is 11.9 Å². The van der Waals surface area contributed by atoms with Crippen LogP contribution in [-0.4, -0.2) is 41.3 Å². The van der Waals surface area contributed by atoms with Gasteiger partial charge in [-0.2, -0.15) is 0 Å². The molecule has 0 aromatic carbocycles. The fourth-order valence-corrected chi connectivity index (χ4v) is 1.26. The molecular formula is C10H20N2O4. The van der Waals surface area contributed by atoms with Gasteiger partial charge in [0.15, 0.2) is 0 Å². The Labute approximate surface area is 94.8 Å². The zero-order valence-corrected chi connectivity index (χ0v) is 9.48. The third-order valence-corrected chi connectivity index (χ3v) is 2.32. The summed E-state index contributed by atoms with van der Waals surface area (Å²) in [5.41, 5.74) is 5.32. The van der Waals surface area contributed by atoms with Crippen molar-refractivity contribution < 1.29 is 19.8 Å². The number of nitrogens with two attached hydrogens (primary N) is 1. The largest absolute Gasteiger partial charge is 0.480 e. The van der Waals surface area contributed by atoms with Crippen LogP contribution in [0.5, 0.6) is 0 Å². The van der Waals surface area contributed by atoms with Gasteiger partial charge in [0.25, 0.3) is 0 Å². The highest BCUT2D eigenvalue weighted by molar-refractivity contribution is 5.84. The first-order valence-corrected chi connectivity index (χ1v) is 5.37. The molecule has 0 heterocycles. The standard InChI is InChI=1S/C10H20N2O4/c1-7(3-2-5-11)9(14)12-8(4-6-13)10(15)16/h7-8,13H,2-6,11H2,1H3,(H,12,14)(H,15,16)/t7?,8-/m1/s1. The third kappa shape index (κ3) is 5.67. The van der Waals surface area contributed by atoms with Gasteiger partial charge in [-0.1, -0.05) is 6.92 Å². The summed E-state index contributed by atoms with van der Waals surface area (Å²) < 4.78 is 0. The summed E-state index contributed by atoms with van der Waals surface area (Å²) in [6.07, 6.45) is 1.38. The van der Waals surface area contributed by atoms with Crippen LogP contribution in [0.15, 0.2) is 0 Å². The highest BCUT2D eigenvalue weighted by Gasteiger charge is 2.21. The van der Waals surface area contributed by atoms with Gasteiger partial charge in [-0.3, -0.25) is 4.79 Å². The number of hydrogen-bond acceptors (Lipinski definition) is 4. The highest BCUT2D eigenvalue weighted by atomic mass is 16.4. The van der Waals surface area contributed by atoms with E-state index in [2.05, 4.69) is 5.32 Å². The Kier molecular flexibility index (Phi) is 7.49. The summed E-state index contributed by atoms with van der Waals surface area (Å²) in [6.45, 7) is 1.97. The highest BCUT2D eigenvalue weighted by Crippen LogP contribution is 2.05. The number of rotatable bonds is 8. The van der Waals surface area contributed by atoms with Gasteiger partial charge in [-0.25, -0.2) is 4.79 Å². The van der Waals surface area contributed by atoms with Crippen molar-refractivity contribution in [3.63, 3.8) is 0 Å². The van der Waals surface area contributed by atoms with E-state index in [1.807, 2.05) is 0 Å². The van der Waals surface area contributed by atoms with Crippen molar-refractivity contribution in [2.45, 2.75) is 32.2 Å². The van der Waals surface area contributed by atoms with Crippen LogP contribution in [0.4, 0.5) is 0 Å². The maximum Gasteiger partial charge on any atom is 0.326 e. The fourth-order valence-electron chi connectivity index (χ4n) is 1.26. The van der Waals surface area contributed by atoms with E-state index in [-0.39, 0.29) is 24.9 Å². The zero-order valence-electron chi connectivity index (χ0n) is 9.48. The number of carbonyl (C=O) groups excluding carboxylic acids is 1. The van der Waals surface area contributed by atoms with Crippen LogP contribution in [0.25, 0.3) is 0 Å². The quantitative estimate of drug-likeness (QED) is 0.442. The molecule has 5 N–H and O–H groups in total. The van der Waals surface area contributed by atoms with Crippen molar-refractivity contribution in [1.29, 1.82) is 0 Å². The van der Waals surface area contributed by atoms with Crippen molar-refractivity contribution in [1.82, 2.24) is 5.32 Å². The molecule has 0 spiro atoms. The van der Waals surface area contributed by atoms with E-state index >= 15 is 0 Å². The van der Waals surface area contributed by atoms with Crippen molar-refractivity contribution in [2.75, 3.05) is 13.2 Å². The number of carbonyl (C=O) groups is 2. The van der Waals surface area contributed by atoms with Crippen LogP contribution in [0.3, 0.4) is 0 Å². The fraction of sp³-hybridized carbons (Fsp3) is 0.800. The number of amides is 1. The van der Waals surface area contributed by atoms with Crippen LogP contribution in [0.1, 0.15) is 26.2 Å². The Morgan fingerprint density at radius 2 is 2.00 bits per heavy atom. The molecule has 0 saturated heterocycles. The Balaban J connectivity index is 4.12. The molecule has 1 amide bonds. The number of nitrogens with one attached hydrogen (secondary N) is 1. The average Bonchev–Trinajstić information content (AvgIpc) is 2.24. The van der Waals surface area contributed by atoms with Gasteiger partial charge in [0.05, 0.1) is 0 Å². The molecule has 0 bridgehead atoms. The maximum atomic E-state index is 11.5. The third-order valence-electron chi connectivity index (χ3n) is 2.32. The normalized spacial score (nSPS) is 14.2. The first kappa shape index (κ1) is 14.9. The zero-order chi connectivity index (χ0) is 12.6. The van der Waals surface area contributed by atoms with Gasteiger partial charge in [-0.15, -0.1) is 0 Å². The Bertz CT molecular complexity index is 233. The predicted molar refractivity (Wildman–Crippen MR) is 58.7 cm³/mol. The van der Waals surface area contributed by atoms with E-state index in [0.717, 1.165) is 6.42 Å². The van der Waals surface area contributed by atoms with Crippen LogP contribution in [0.2, 0.25) is 0 Å². The lowest BCUT2D eigenvalue weighted by molar-refractivity contribution is -0.142. The molecule has 0 aliphatic rings. The van der Waals surface area contributed by atoms with Gasteiger partial charge in [0, 0.05) is 18.9 Å². The van der Waals surface area contributed by atoms with Crippen LogP contribution in [-0.2, 0) is 9.59 Å². The number of aliphatic hydroxyl groups excluding tert-OH is 1. The molecule has 0 aromatic heterocycles. The van der Waals surface area contributed by atoms with Gasteiger partial charge >= 0.3 is 5.97 Å². The molecular weight excluding hydrogens is 212 g/mol. The Morgan fingerprint density at radius 3 is 2.44 bits per heavy atom. The molecule has 0 rings (SSSR count). The van der Waals surface area contributed by atoms with Gasteiger partial charge in [0.2, 0.25) is 5.91 Å². The van der Waals surface area contributed by atoms with E-state index < -0.39 is 12.0 Å². The second-order valence-corrected chi connectivity index (χ2v) is 3.74. The molecule has 6 nitrogen and oxygen atoms in total. The van der Waals surface area contributed by atoms with E-state index in [0.29, 0.717) is 13.0 Å². The van der Waals surface area contributed by atoms with E-state index in [9.17, 15) is 9.59 Å². The summed E-state index contributed by atoms with van der Waals surface area (Å²) >= 11 is 0. The van der Waals surface area contributed by atoms with Crippen molar-refractivity contribution in [3.05, 3.63) is 0 Å². The first-order chi connectivity index (χ1) is 7.52. The first-order valence-electron chi connectivity index (χ1n) is 5.37. The topological polar surface area (TPSA) is 113 Å². The van der Waals surface area contributed by atoms with Crippen LogP contribution in [0, 0.1) is 5.92 Å². The molecule has 0 aliphatic carbocycles. The molecule has 0 aliphatic heterocycles. The van der Waals surface area contributed by atoms with Gasteiger partial charge in [-0.05, 0) is 19.4 Å². The smallest absolute Gasteiger partial charge is 0.326 e. The van der Waals surface area contributed by atoms with Crippen LogP contribution >= 0.6 is 0 Å². The van der Waals surface area contributed by atoms with Crippen molar-refractivity contribution in [2.24, 2.45) is 11.7 Å². The summed E-state index contributed by atoms with van der Waals surface area (Å²) in [4.78, 5) is 22.3. The van der Waals surface area contributed by atoms with E-state index in [4.69, 9.17) is 15.9 Å². The lowest BCUT2D eigenvalue weighted by Crippen LogP contribution is -2.43. The lowest BCUT2D eigenvalue weighted by atomic mass is 10.0. The molecule has 16 heavy (non-hydrogen) atoms. The number of aliphatic carboxylic acids is 1. The average molecular weight is 232 g/mol. The summed E-state index contributed by atoms with van der Waals surface area (Å²) in [6, 6.07) is -1.02. The molecule has 0 radical (unpaired) electrons. The maximum absolute atomic E-state index is 11.5. The molecule has 6 heteroatoms. The second kappa shape index (κ2) is 8.06. The second-order valence-electron chi connectivity index (χ2n) is 3.74. The number of aliphatic hydroxyl groups is 1. The molecule has 1 unspecified atom stereocenters. The minimum Gasteiger partial charge on any atom is -0.480 e. The minimum atomic E-state index is -1.13. The minimum absolute atomic E-state index is 0.0185. The molecule has 94 valence electrons. The summed E-state index contributed by atoms with van der Waals surface area (Å²) in [5.74, 6) is -1.70. The molecule has 0 fully saturated rings. The monoisotopic (exact) mass is 232 g/mol. The number of carboxylic acids is 1. The van der Waals surface area contributed by atoms with E-state index in [1.54, 1.807) is 6.92 Å². The summed E-state index contributed by atoms with van der Waals surface area (Å²) in [7, 11) is 0. The van der Waals surface area contributed by atoms with Gasteiger partial charge < -0.3 is 21.3 Å². The summed E-state index contributed by atoms with van der Waals surface area (Å²) in [5, 5.41) is 19.8. The number of hydrogen-bond donors (Lipinski definition) is 4. The SMILES string of the molecule is CC(CCCN)C(=O)N[C@H](CCO)C(=O)O. The molecule has 0 saturated carbocycles. The van der Waals surface area contributed by atoms with Crippen molar-refractivity contribution in [3.8, 4) is 0 Å². The molecule has 2 atom stereocenters. The Morgan fingerprint density at radius 1 is 1.38 bits per heavy atom. The lowest BCUT2D eigenvalue weighted by Gasteiger charge is -2.16.